The number of halogens is 1. The largest absolute Gasteiger partial charge is 0.351 e. The van der Waals surface area contributed by atoms with Crippen LogP contribution in [0.1, 0.15) is 29.1 Å². The van der Waals surface area contributed by atoms with Gasteiger partial charge >= 0.3 is 0 Å². The van der Waals surface area contributed by atoms with Gasteiger partial charge in [0, 0.05) is 25.2 Å². The third kappa shape index (κ3) is 3.21. The van der Waals surface area contributed by atoms with E-state index in [0.29, 0.717) is 24.7 Å². The molecule has 116 valence electrons. The maximum Gasteiger partial charge on any atom is 0.292 e. The summed E-state index contributed by atoms with van der Waals surface area (Å²) in [6, 6.07) is 1.65. The Morgan fingerprint density at radius 2 is 2.23 bits per heavy atom. The van der Waals surface area contributed by atoms with Gasteiger partial charge in [-0.1, -0.05) is 5.16 Å². The Bertz CT molecular complexity index is 658. The van der Waals surface area contributed by atoms with Gasteiger partial charge in [0.05, 0.1) is 18.1 Å². The minimum absolute atomic E-state index is 0.0205. The first-order valence-electron chi connectivity index (χ1n) is 7.08. The first-order valence-corrected chi connectivity index (χ1v) is 7.08. The summed E-state index contributed by atoms with van der Waals surface area (Å²) in [5.74, 6) is -0.0498. The molecule has 3 heterocycles. The van der Waals surface area contributed by atoms with E-state index in [2.05, 4.69) is 20.4 Å². The molecule has 0 saturated carbocycles. The van der Waals surface area contributed by atoms with E-state index in [1.54, 1.807) is 17.9 Å². The number of nitrogens with one attached hydrogen (secondary N) is 1. The minimum atomic E-state index is -0.480. The molecule has 22 heavy (non-hydrogen) atoms. The summed E-state index contributed by atoms with van der Waals surface area (Å²) < 4.78 is 17.8. The lowest BCUT2D eigenvalue weighted by Gasteiger charge is -2.32. The normalized spacial score (nSPS) is 18.3. The molecule has 0 bridgehead atoms. The first-order chi connectivity index (χ1) is 10.6. The molecule has 0 aliphatic carbocycles. The second kappa shape index (κ2) is 6.08. The van der Waals surface area contributed by atoms with Crippen molar-refractivity contribution < 1.29 is 13.7 Å². The fourth-order valence-electron chi connectivity index (χ4n) is 2.47. The van der Waals surface area contributed by atoms with Gasteiger partial charge in [-0.05, 0) is 19.8 Å². The third-order valence-electron chi connectivity index (χ3n) is 3.50. The first kappa shape index (κ1) is 14.4. The average molecular weight is 305 g/mol. The predicted octanol–water partition coefficient (Wildman–Crippen LogP) is 1.63. The quantitative estimate of drug-likeness (QED) is 0.928. The Balaban J connectivity index is 1.63. The highest BCUT2D eigenvalue weighted by Gasteiger charge is 2.27. The van der Waals surface area contributed by atoms with Gasteiger partial charge in [-0.25, -0.2) is 14.4 Å². The second-order valence-corrected chi connectivity index (χ2v) is 5.29. The molecule has 1 aliphatic heterocycles. The summed E-state index contributed by atoms with van der Waals surface area (Å²) >= 11 is 0. The molecule has 0 radical (unpaired) electrons. The number of anilines is 1. The molecule has 1 fully saturated rings. The van der Waals surface area contributed by atoms with Crippen molar-refractivity contribution in [2.75, 3.05) is 18.4 Å². The van der Waals surface area contributed by atoms with E-state index in [0.717, 1.165) is 25.2 Å². The van der Waals surface area contributed by atoms with Crippen molar-refractivity contribution in [3.05, 3.63) is 35.7 Å². The van der Waals surface area contributed by atoms with Gasteiger partial charge in [-0.2, -0.15) is 0 Å². The van der Waals surface area contributed by atoms with E-state index in [1.807, 2.05) is 0 Å². The fourth-order valence-corrected chi connectivity index (χ4v) is 2.47. The van der Waals surface area contributed by atoms with E-state index < -0.39 is 5.82 Å². The van der Waals surface area contributed by atoms with Crippen molar-refractivity contribution >= 4 is 11.9 Å². The van der Waals surface area contributed by atoms with E-state index in [4.69, 9.17) is 4.52 Å². The summed E-state index contributed by atoms with van der Waals surface area (Å²) in [7, 11) is 0. The number of hydrogen-bond donors (Lipinski definition) is 1. The van der Waals surface area contributed by atoms with Crippen LogP contribution in [0.25, 0.3) is 0 Å². The van der Waals surface area contributed by atoms with Crippen molar-refractivity contribution in [3.8, 4) is 0 Å². The summed E-state index contributed by atoms with van der Waals surface area (Å²) in [4.78, 5) is 21.8. The van der Waals surface area contributed by atoms with Crippen LogP contribution < -0.4 is 5.32 Å². The summed E-state index contributed by atoms with van der Waals surface area (Å²) in [6.45, 7) is 2.95. The molecular weight excluding hydrogens is 289 g/mol. The summed E-state index contributed by atoms with van der Waals surface area (Å²) in [5.41, 5.74) is 0.676. The average Bonchev–Trinajstić information content (AvgIpc) is 2.96. The fraction of sp³-hybridized carbons (Fsp3) is 0.429. The van der Waals surface area contributed by atoms with E-state index in [9.17, 15) is 9.18 Å². The lowest BCUT2D eigenvalue weighted by atomic mass is 10.1. The van der Waals surface area contributed by atoms with Crippen molar-refractivity contribution in [1.29, 1.82) is 0 Å². The molecule has 7 nitrogen and oxygen atoms in total. The molecular formula is C14H16FN5O2. The number of hydrogen-bond acceptors (Lipinski definition) is 6. The predicted molar refractivity (Wildman–Crippen MR) is 75.8 cm³/mol. The number of rotatable bonds is 3. The Morgan fingerprint density at radius 1 is 1.45 bits per heavy atom. The lowest BCUT2D eigenvalue weighted by molar-refractivity contribution is 0.0672. The highest BCUT2D eigenvalue weighted by Crippen LogP contribution is 2.16. The Kier molecular flexibility index (Phi) is 3.99. The Hall–Kier alpha value is -2.51. The van der Waals surface area contributed by atoms with Crippen LogP contribution in [0, 0.1) is 12.7 Å². The third-order valence-corrected chi connectivity index (χ3v) is 3.50. The van der Waals surface area contributed by atoms with Gasteiger partial charge in [-0.3, -0.25) is 4.79 Å². The number of carbonyl (C=O) groups excluding carboxylic acids is 1. The number of likely N-dealkylation sites (tertiary alicyclic amines) is 1. The molecule has 1 saturated heterocycles. The second-order valence-electron chi connectivity index (χ2n) is 5.29. The van der Waals surface area contributed by atoms with Crippen LogP contribution in [0.3, 0.4) is 0 Å². The van der Waals surface area contributed by atoms with Crippen molar-refractivity contribution in [2.45, 2.75) is 25.8 Å². The number of aryl methyl sites for hydroxylation is 1. The van der Waals surface area contributed by atoms with E-state index >= 15 is 0 Å². The molecule has 1 amide bonds. The molecule has 2 aromatic rings. The number of piperidine rings is 1. The van der Waals surface area contributed by atoms with Crippen LogP contribution in [0.4, 0.5) is 10.3 Å². The molecule has 2 aromatic heterocycles. The van der Waals surface area contributed by atoms with Crippen molar-refractivity contribution in [2.24, 2.45) is 0 Å². The van der Waals surface area contributed by atoms with Gasteiger partial charge < -0.3 is 14.7 Å². The molecule has 0 spiro atoms. The number of carbonyl (C=O) groups is 1. The molecule has 1 aliphatic rings. The molecule has 1 N–H and O–H groups in total. The molecule has 3 rings (SSSR count). The van der Waals surface area contributed by atoms with E-state index in [-0.39, 0.29) is 17.7 Å². The van der Waals surface area contributed by atoms with Crippen molar-refractivity contribution in [1.82, 2.24) is 20.0 Å². The topological polar surface area (TPSA) is 84.2 Å². The number of amides is 1. The number of aromatic nitrogens is 3. The highest BCUT2D eigenvalue weighted by molar-refractivity contribution is 5.91. The van der Waals surface area contributed by atoms with Crippen LogP contribution in [0.2, 0.25) is 0 Å². The van der Waals surface area contributed by atoms with Gasteiger partial charge in [0.25, 0.3) is 5.91 Å². The lowest BCUT2D eigenvalue weighted by Crippen LogP contribution is -2.45. The van der Waals surface area contributed by atoms with Crippen LogP contribution in [-0.4, -0.2) is 45.1 Å². The van der Waals surface area contributed by atoms with Crippen LogP contribution in [0.5, 0.6) is 0 Å². The van der Waals surface area contributed by atoms with Crippen LogP contribution in [0.15, 0.2) is 23.0 Å². The SMILES string of the molecule is Cc1cc(C(=O)N2CCC[C@@H](Nc3ncc(F)cn3)C2)on1. The summed E-state index contributed by atoms with van der Waals surface area (Å²) in [5, 5.41) is 6.85. The molecule has 8 heteroatoms. The monoisotopic (exact) mass is 305 g/mol. The summed E-state index contributed by atoms with van der Waals surface area (Å²) in [6.07, 6.45) is 3.97. The zero-order valence-electron chi connectivity index (χ0n) is 12.1. The Labute approximate surface area is 126 Å². The molecule has 1 atom stereocenters. The van der Waals surface area contributed by atoms with Crippen LogP contribution in [-0.2, 0) is 0 Å². The van der Waals surface area contributed by atoms with Gasteiger partial charge in [0.2, 0.25) is 11.7 Å². The smallest absolute Gasteiger partial charge is 0.292 e. The van der Waals surface area contributed by atoms with Gasteiger partial charge in [0.15, 0.2) is 5.82 Å². The van der Waals surface area contributed by atoms with Crippen LogP contribution >= 0.6 is 0 Å². The zero-order valence-corrected chi connectivity index (χ0v) is 12.1. The maximum atomic E-state index is 12.8. The minimum Gasteiger partial charge on any atom is -0.351 e. The Morgan fingerprint density at radius 3 is 2.91 bits per heavy atom. The zero-order chi connectivity index (χ0) is 15.5. The van der Waals surface area contributed by atoms with Crippen molar-refractivity contribution in [3.63, 3.8) is 0 Å². The molecule has 0 aromatic carbocycles. The number of nitrogens with zero attached hydrogens (tertiary/aromatic N) is 4. The highest BCUT2D eigenvalue weighted by atomic mass is 19.1. The maximum absolute atomic E-state index is 12.8. The van der Waals surface area contributed by atoms with Gasteiger partial charge in [0.1, 0.15) is 0 Å². The van der Waals surface area contributed by atoms with E-state index in [1.165, 1.54) is 0 Å². The standard InChI is InChI=1S/C14H16FN5O2/c1-9-5-12(22-19-9)13(21)20-4-2-3-11(8-20)18-14-16-6-10(15)7-17-14/h5-7,11H,2-4,8H2,1H3,(H,16,17,18)/t11-/m1/s1. The molecule has 0 unspecified atom stereocenters. The van der Waals surface area contributed by atoms with Gasteiger partial charge in [-0.15, -0.1) is 0 Å².